The van der Waals surface area contributed by atoms with E-state index in [1.165, 1.54) is 0 Å². The van der Waals surface area contributed by atoms with Crippen molar-refractivity contribution in [2.75, 3.05) is 32.8 Å². The summed E-state index contributed by atoms with van der Waals surface area (Å²) >= 11 is 0. The summed E-state index contributed by atoms with van der Waals surface area (Å²) in [5.74, 6) is 1.16. The molecule has 1 atom stereocenters. The normalized spacial score (nSPS) is 20.0. The summed E-state index contributed by atoms with van der Waals surface area (Å²) in [6.07, 6.45) is 2.00. The SMILES string of the molecule is CC(=O)N1CCC[C@@H](CNC(=O)N2CCOc3ccc(CO)cc3C2)C1. The molecule has 1 aromatic rings. The van der Waals surface area contributed by atoms with Gasteiger partial charge in [-0.15, -0.1) is 0 Å². The quantitative estimate of drug-likeness (QED) is 0.851. The fraction of sp³-hybridized carbons (Fsp3) is 0.579. The topological polar surface area (TPSA) is 82.1 Å². The molecule has 3 amide bonds. The van der Waals surface area contributed by atoms with E-state index >= 15 is 0 Å². The second-order valence-corrected chi connectivity index (χ2v) is 7.03. The number of aliphatic hydroxyl groups excluding tert-OH is 1. The Hall–Kier alpha value is -2.28. The molecule has 1 saturated heterocycles. The van der Waals surface area contributed by atoms with Crippen LogP contribution in [0.2, 0.25) is 0 Å². The Bertz CT molecular complexity index is 664. The Morgan fingerprint density at radius 3 is 2.92 bits per heavy atom. The predicted molar refractivity (Wildman–Crippen MR) is 96.6 cm³/mol. The largest absolute Gasteiger partial charge is 0.491 e. The third-order valence-corrected chi connectivity index (χ3v) is 5.08. The molecular formula is C19H27N3O4. The van der Waals surface area contributed by atoms with Crippen molar-refractivity contribution in [2.45, 2.75) is 32.9 Å². The fourth-order valence-electron chi connectivity index (χ4n) is 3.58. The molecule has 1 aromatic carbocycles. The van der Waals surface area contributed by atoms with Gasteiger partial charge in [-0.2, -0.15) is 0 Å². The molecule has 7 heteroatoms. The first-order valence-electron chi connectivity index (χ1n) is 9.20. The van der Waals surface area contributed by atoms with Crippen LogP contribution in [0.3, 0.4) is 0 Å². The maximum atomic E-state index is 12.6. The standard InChI is InChI=1S/C19H27N3O4/c1-14(24)21-6-2-3-16(11-21)10-20-19(25)22-7-8-26-18-5-4-15(13-23)9-17(18)12-22/h4-5,9,16,23H,2-3,6-8,10-13H2,1H3,(H,20,25)/t16-/m0/s1. The Morgan fingerprint density at radius 1 is 1.31 bits per heavy atom. The number of hydrogen-bond acceptors (Lipinski definition) is 4. The minimum atomic E-state index is -0.115. The van der Waals surface area contributed by atoms with Crippen molar-refractivity contribution in [1.82, 2.24) is 15.1 Å². The first-order chi connectivity index (χ1) is 12.6. The number of carbonyl (C=O) groups excluding carboxylic acids is 2. The van der Waals surface area contributed by atoms with Gasteiger partial charge in [0.25, 0.3) is 0 Å². The van der Waals surface area contributed by atoms with Crippen LogP contribution in [-0.4, -0.2) is 59.6 Å². The molecule has 142 valence electrons. The van der Waals surface area contributed by atoms with Gasteiger partial charge in [0.1, 0.15) is 12.4 Å². The number of hydrogen-bond donors (Lipinski definition) is 2. The number of likely N-dealkylation sites (tertiary alicyclic amines) is 1. The van der Waals surface area contributed by atoms with Crippen LogP contribution in [0.4, 0.5) is 4.79 Å². The maximum absolute atomic E-state index is 12.6. The minimum Gasteiger partial charge on any atom is -0.491 e. The highest BCUT2D eigenvalue weighted by molar-refractivity contribution is 5.74. The molecule has 0 aliphatic carbocycles. The fourth-order valence-corrected chi connectivity index (χ4v) is 3.58. The summed E-state index contributed by atoms with van der Waals surface area (Å²) in [5.41, 5.74) is 1.71. The molecule has 0 unspecified atom stereocenters. The van der Waals surface area contributed by atoms with Crippen molar-refractivity contribution >= 4 is 11.9 Å². The van der Waals surface area contributed by atoms with Crippen molar-refractivity contribution < 1.29 is 19.4 Å². The van der Waals surface area contributed by atoms with Gasteiger partial charge in [0, 0.05) is 32.1 Å². The zero-order valence-corrected chi connectivity index (χ0v) is 15.2. The van der Waals surface area contributed by atoms with E-state index in [0.717, 1.165) is 36.3 Å². The highest BCUT2D eigenvalue weighted by Crippen LogP contribution is 2.24. The van der Waals surface area contributed by atoms with Gasteiger partial charge in [0.05, 0.1) is 19.7 Å². The summed E-state index contributed by atoms with van der Waals surface area (Å²) in [4.78, 5) is 27.7. The number of fused-ring (bicyclic) bond motifs is 1. The highest BCUT2D eigenvalue weighted by Gasteiger charge is 2.24. The van der Waals surface area contributed by atoms with Crippen molar-refractivity contribution in [3.8, 4) is 5.75 Å². The number of urea groups is 1. The third kappa shape index (κ3) is 4.46. The summed E-state index contributed by atoms with van der Waals surface area (Å²) in [6, 6.07) is 5.45. The van der Waals surface area contributed by atoms with Gasteiger partial charge >= 0.3 is 6.03 Å². The highest BCUT2D eigenvalue weighted by atomic mass is 16.5. The molecule has 0 aromatic heterocycles. The Labute approximate surface area is 153 Å². The summed E-state index contributed by atoms with van der Waals surface area (Å²) in [5, 5.41) is 12.3. The molecule has 2 heterocycles. The number of amides is 3. The molecule has 26 heavy (non-hydrogen) atoms. The third-order valence-electron chi connectivity index (χ3n) is 5.08. The van der Waals surface area contributed by atoms with Crippen LogP contribution in [0.5, 0.6) is 5.75 Å². The second kappa shape index (κ2) is 8.40. The molecule has 2 N–H and O–H groups in total. The number of nitrogens with one attached hydrogen (secondary N) is 1. The van der Waals surface area contributed by atoms with Gasteiger partial charge in [-0.3, -0.25) is 4.79 Å². The van der Waals surface area contributed by atoms with Crippen molar-refractivity contribution in [2.24, 2.45) is 5.92 Å². The number of aliphatic hydroxyl groups is 1. The van der Waals surface area contributed by atoms with E-state index in [4.69, 9.17) is 4.74 Å². The molecule has 0 bridgehead atoms. The smallest absolute Gasteiger partial charge is 0.317 e. The van der Waals surface area contributed by atoms with E-state index in [1.54, 1.807) is 11.8 Å². The van der Waals surface area contributed by atoms with E-state index in [9.17, 15) is 14.7 Å². The van der Waals surface area contributed by atoms with Gasteiger partial charge in [-0.05, 0) is 36.5 Å². The van der Waals surface area contributed by atoms with Gasteiger partial charge in [0.2, 0.25) is 5.91 Å². The molecule has 2 aliphatic heterocycles. The molecule has 7 nitrogen and oxygen atoms in total. The molecule has 2 aliphatic rings. The summed E-state index contributed by atoms with van der Waals surface area (Å²) < 4.78 is 5.72. The zero-order chi connectivity index (χ0) is 18.5. The number of carbonyl (C=O) groups is 2. The molecule has 0 radical (unpaired) electrons. The van der Waals surface area contributed by atoms with Crippen LogP contribution in [0.15, 0.2) is 18.2 Å². The lowest BCUT2D eigenvalue weighted by Crippen LogP contribution is -2.46. The molecule has 3 rings (SSSR count). The lowest BCUT2D eigenvalue weighted by atomic mass is 9.98. The second-order valence-electron chi connectivity index (χ2n) is 7.03. The van der Waals surface area contributed by atoms with Crippen LogP contribution in [0.25, 0.3) is 0 Å². The van der Waals surface area contributed by atoms with Gasteiger partial charge in [-0.1, -0.05) is 6.07 Å². The van der Waals surface area contributed by atoms with Gasteiger partial charge < -0.3 is 25.0 Å². The van der Waals surface area contributed by atoms with E-state index in [1.807, 2.05) is 23.1 Å². The Balaban J connectivity index is 1.56. The van der Waals surface area contributed by atoms with Crippen LogP contribution in [0.1, 0.15) is 30.9 Å². The van der Waals surface area contributed by atoms with Crippen LogP contribution < -0.4 is 10.1 Å². The monoisotopic (exact) mass is 361 g/mol. The number of rotatable bonds is 3. The van der Waals surface area contributed by atoms with E-state index in [-0.39, 0.29) is 18.5 Å². The lowest BCUT2D eigenvalue weighted by Gasteiger charge is -2.32. The number of piperidine rings is 1. The molecular weight excluding hydrogens is 334 g/mol. The molecule has 0 spiro atoms. The maximum Gasteiger partial charge on any atom is 0.317 e. The predicted octanol–water partition coefficient (Wildman–Crippen LogP) is 1.34. The lowest BCUT2D eigenvalue weighted by molar-refractivity contribution is -0.130. The molecule has 0 saturated carbocycles. The van der Waals surface area contributed by atoms with Gasteiger partial charge in [-0.25, -0.2) is 4.79 Å². The van der Waals surface area contributed by atoms with Crippen LogP contribution in [-0.2, 0) is 17.9 Å². The summed E-state index contributed by atoms with van der Waals surface area (Å²) in [6.45, 7) is 5.07. The van der Waals surface area contributed by atoms with Crippen LogP contribution in [0, 0.1) is 5.92 Å². The molecule has 1 fully saturated rings. The zero-order valence-electron chi connectivity index (χ0n) is 15.2. The Morgan fingerprint density at radius 2 is 2.15 bits per heavy atom. The van der Waals surface area contributed by atoms with Crippen molar-refractivity contribution in [3.63, 3.8) is 0 Å². The summed E-state index contributed by atoms with van der Waals surface area (Å²) in [7, 11) is 0. The number of nitrogens with zero attached hydrogens (tertiary/aromatic N) is 2. The van der Waals surface area contributed by atoms with Crippen molar-refractivity contribution in [1.29, 1.82) is 0 Å². The van der Waals surface area contributed by atoms with E-state index in [2.05, 4.69) is 5.32 Å². The Kier molecular flexibility index (Phi) is 5.98. The van der Waals surface area contributed by atoms with Gasteiger partial charge in [0.15, 0.2) is 0 Å². The number of ether oxygens (including phenoxy) is 1. The average Bonchev–Trinajstić information content (AvgIpc) is 2.88. The average molecular weight is 361 g/mol. The van der Waals surface area contributed by atoms with Crippen molar-refractivity contribution in [3.05, 3.63) is 29.3 Å². The van der Waals surface area contributed by atoms with E-state index in [0.29, 0.717) is 38.7 Å². The first kappa shape index (κ1) is 18.5. The van der Waals surface area contributed by atoms with Crippen LogP contribution >= 0.6 is 0 Å². The van der Waals surface area contributed by atoms with E-state index < -0.39 is 0 Å². The number of benzene rings is 1. The minimum absolute atomic E-state index is 0.0339. The first-order valence-corrected chi connectivity index (χ1v) is 9.20.